The number of nitrogens with zero attached hydrogens (tertiary/aromatic N) is 1. The maximum absolute atomic E-state index is 13.4. The third-order valence-corrected chi connectivity index (χ3v) is 8.06. The first kappa shape index (κ1) is 22.3. The normalized spacial score (nSPS) is 16.2. The molecule has 2 heterocycles. The van der Waals surface area contributed by atoms with Gasteiger partial charge in [-0.2, -0.15) is 0 Å². The number of benzene rings is 2. The highest BCUT2D eigenvalue weighted by Gasteiger charge is 2.41. The number of nitrogens with one attached hydrogen (secondary N) is 1. The highest BCUT2D eigenvalue weighted by molar-refractivity contribution is 7.97. The van der Waals surface area contributed by atoms with E-state index >= 15 is 0 Å². The van der Waals surface area contributed by atoms with Crippen molar-refractivity contribution < 1.29 is 22.3 Å². The number of rotatable bonds is 5. The summed E-state index contributed by atoms with van der Waals surface area (Å²) in [7, 11) is -2.72. The van der Waals surface area contributed by atoms with Gasteiger partial charge in [-0.25, -0.2) is 12.8 Å². The summed E-state index contributed by atoms with van der Waals surface area (Å²) in [4.78, 5) is 12.9. The molecule has 0 fully saturated rings. The number of sulfonamides is 1. The van der Waals surface area contributed by atoms with E-state index in [-0.39, 0.29) is 6.54 Å². The van der Waals surface area contributed by atoms with Crippen molar-refractivity contribution in [2.45, 2.75) is 13.5 Å². The first-order chi connectivity index (χ1) is 15.2. The van der Waals surface area contributed by atoms with Crippen LogP contribution in [0.15, 0.2) is 58.9 Å². The molecule has 1 aromatic heterocycles. The quantitative estimate of drug-likeness (QED) is 0.486. The number of fused-ring (bicyclic) bond motifs is 1. The second-order valence-corrected chi connectivity index (χ2v) is 10.2. The average Bonchev–Trinajstić information content (AvgIpc) is 3.24. The van der Waals surface area contributed by atoms with Gasteiger partial charge in [0.05, 0.1) is 25.0 Å². The van der Waals surface area contributed by atoms with Gasteiger partial charge in [0.15, 0.2) is 4.91 Å². The maximum atomic E-state index is 13.4. The van der Waals surface area contributed by atoms with Gasteiger partial charge in [0.1, 0.15) is 16.4 Å². The molecule has 1 aliphatic rings. The van der Waals surface area contributed by atoms with E-state index in [1.807, 2.05) is 0 Å². The minimum Gasteiger partial charge on any atom is -0.495 e. The van der Waals surface area contributed by atoms with Gasteiger partial charge in [-0.15, -0.1) is 11.3 Å². The summed E-state index contributed by atoms with van der Waals surface area (Å²) >= 11 is 7.29. The van der Waals surface area contributed by atoms with Crippen LogP contribution >= 0.6 is 22.9 Å². The van der Waals surface area contributed by atoms with Gasteiger partial charge in [-0.1, -0.05) is 23.7 Å². The number of hydrogen-bond donors (Lipinski definition) is 1. The van der Waals surface area contributed by atoms with Crippen molar-refractivity contribution in [3.63, 3.8) is 0 Å². The standard InChI is InChI=1S/C22H18ClFN2O4S2/c1-13-9-17(19(30-2)10-16(13)23)25-11-20-21(27)22-18(7-8-31-22)26(32(20,28)29)12-14-3-5-15(24)6-4-14/h3-11,25H,12H2,1-2H3/b20-11-. The van der Waals surface area contributed by atoms with Crippen molar-refractivity contribution in [1.29, 1.82) is 0 Å². The summed E-state index contributed by atoms with van der Waals surface area (Å²) < 4.78 is 46.6. The van der Waals surface area contributed by atoms with Crippen LogP contribution in [0, 0.1) is 12.7 Å². The molecule has 0 aliphatic carbocycles. The number of ketones is 1. The van der Waals surface area contributed by atoms with Crippen LogP contribution in [-0.4, -0.2) is 21.3 Å². The van der Waals surface area contributed by atoms with Gasteiger partial charge in [-0.05, 0) is 47.7 Å². The zero-order valence-corrected chi connectivity index (χ0v) is 19.4. The Morgan fingerprint density at radius 2 is 1.94 bits per heavy atom. The van der Waals surface area contributed by atoms with E-state index in [0.717, 1.165) is 21.2 Å². The Labute approximate surface area is 193 Å². The highest BCUT2D eigenvalue weighted by Crippen LogP contribution is 2.40. The molecule has 166 valence electrons. The van der Waals surface area contributed by atoms with Gasteiger partial charge in [0.25, 0.3) is 10.0 Å². The molecular weight excluding hydrogens is 475 g/mol. The fraction of sp³-hybridized carbons (Fsp3) is 0.136. The third-order valence-electron chi connectivity index (χ3n) is 4.99. The second kappa shape index (κ2) is 8.57. The molecule has 0 unspecified atom stereocenters. The van der Waals surface area contributed by atoms with Crippen molar-refractivity contribution in [2.75, 3.05) is 16.7 Å². The van der Waals surface area contributed by atoms with Gasteiger partial charge in [0, 0.05) is 17.3 Å². The molecule has 0 radical (unpaired) electrons. The molecule has 0 atom stereocenters. The van der Waals surface area contributed by atoms with Gasteiger partial charge in [-0.3, -0.25) is 9.10 Å². The highest BCUT2D eigenvalue weighted by atomic mass is 35.5. The number of methoxy groups -OCH3 is 1. The summed E-state index contributed by atoms with van der Waals surface area (Å²) in [5.74, 6) is -0.612. The van der Waals surface area contributed by atoms with Crippen LogP contribution in [0.4, 0.5) is 15.8 Å². The van der Waals surface area contributed by atoms with E-state index in [2.05, 4.69) is 5.32 Å². The minimum absolute atomic E-state index is 0.0413. The predicted molar refractivity (Wildman–Crippen MR) is 125 cm³/mol. The molecule has 0 saturated heterocycles. The summed E-state index contributed by atoms with van der Waals surface area (Å²) in [6.45, 7) is 1.76. The first-order valence-corrected chi connectivity index (χ1v) is 12.1. The molecule has 2 aromatic carbocycles. The zero-order chi connectivity index (χ0) is 23.0. The van der Waals surface area contributed by atoms with Crippen LogP contribution in [0.5, 0.6) is 5.75 Å². The van der Waals surface area contributed by atoms with Crippen LogP contribution < -0.4 is 14.4 Å². The van der Waals surface area contributed by atoms with Crippen LogP contribution in [0.3, 0.4) is 0 Å². The minimum atomic E-state index is -4.18. The molecule has 3 aromatic rings. The fourth-order valence-electron chi connectivity index (χ4n) is 3.30. The van der Waals surface area contributed by atoms with Crippen molar-refractivity contribution >= 4 is 50.1 Å². The Hall–Kier alpha value is -2.88. The molecule has 32 heavy (non-hydrogen) atoms. The number of Topliss-reactive ketones (excluding diaryl/α,β-unsaturated/α-hetero) is 1. The lowest BCUT2D eigenvalue weighted by Gasteiger charge is -2.29. The van der Waals surface area contributed by atoms with Gasteiger partial charge in [0.2, 0.25) is 5.78 Å². The number of halogens is 2. The van der Waals surface area contributed by atoms with Crippen molar-refractivity contribution in [1.82, 2.24) is 0 Å². The lowest BCUT2D eigenvalue weighted by Crippen LogP contribution is -2.38. The summed E-state index contributed by atoms with van der Waals surface area (Å²) in [6.07, 6.45) is 1.17. The number of ether oxygens (including phenoxy) is 1. The Morgan fingerprint density at radius 3 is 2.62 bits per heavy atom. The number of hydrogen-bond acceptors (Lipinski definition) is 6. The lowest BCUT2D eigenvalue weighted by molar-refractivity contribution is 0.104. The molecule has 1 N–H and O–H groups in total. The van der Waals surface area contributed by atoms with E-state index in [1.54, 1.807) is 30.5 Å². The zero-order valence-electron chi connectivity index (χ0n) is 17.1. The SMILES string of the molecule is COc1cc(Cl)c(C)cc1N/C=C1/C(=O)c2sccc2N(Cc2ccc(F)cc2)S1(=O)=O. The predicted octanol–water partition coefficient (Wildman–Crippen LogP) is 5.34. The van der Waals surface area contributed by atoms with E-state index in [0.29, 0.717) is 32.6 Å². The van der Waals surface area contributed by atoms with E-state index in [1.165, 1.54) is 37.6 Å². The molecule has 0 saturated carbocycles. The fourth-order valence-corrected chi connectivity index (χ4v) is 5.94. The smallest absolute Gasteiger partial charge is 0.270 e. The average molecular weight is 493 g/mol. The second-order valence-electron chi connectivity index (χ2n) is 7.06. The molecule has 0 spiro atoms. The summed E-state index contributed by atoms with van der Waals surface area (Å²) in [5, 5.41) is 5.05. The number of aryl methyl sites for hydroxylation is 1. The molecule has 4 rings (SSSR count). The third kappa shape index (κ3) is 3.99. The van der Waals surface area contributed by atoms with Crippen molar-refractivity contribution in [3.05, 3.63) is 85.8 Å². The maximum Gasteiger partial charge on any atom is 0.270 e. The van der Waals surface area contributed by atoms with Crippen LogP contribution in [0.1, 0.15) is 20.8 Å². The molecule has 1 aliphatic heterocycles. The topological polar surface area (TPSA) is 75.7 Å². The molecule has 0 bridgehead atoms. The molecule has 10 heteroatoms. The van der Waals surface area contributed by atoms with Crippen LogP contribution in [-0.2, 0) is 16.6 Å². The molecular formula is C22H18ClFN2O4S2. The van der Waals surface area contributed by atoms with E-state index in [9.17, 15) is 17.6 Å². The van der Waals surface area contributed by atoms with Crippen molar-refractivity contribution in [3.8, 4) is 5.75 Å². The number of anilines is 2. The lowest BCUT2D eigenvalue weighted by atomic mass is 10.2. The Balaban J connectivity index is 1.75. The number of carbonyl (C=O) groups excluding carboxylic acids is 1. The Kier molecular flexibility index (Phi) is 5.98. The number of allylic oxidation sites excluding steroid dienone is 1. The monoisotopic (exact) mass is 492 g/mol. The van der Waals surface area contributed by atoms with Gasteiger partial charge < -0.3 is 10.1 Å². The largest absolute Gasteiger partial charge is 0.495 e. The number of thiophene rings is 1. The van der Waals surface area contributed by atoms with Crippen molar-refractivity contribution in [2.24, 2.45) is 0 Å². The molecule has 6 nitrogen and oxygen atoms in total. The van der Waals surface area contributed by atoms with Crippen LogP contribution in [0.2, 0.25) is 5.02 Å². The first-order valence-electron chi connectivity index (χ1n) is 9.42. The molecule has 0 amide bonds. The van der Waals surface area contributed by atoms with E-state index < -0.39 is 26.5 Å². The number of carbonyl (C=O) groups is 1. The Bertz CT molecular complexity index is 1330. The summed E-state index contributed by atoms with van der Waals surface area (Å²) in [5.41, 5.74) is 2.11. The summed E-state index contributed by atoms with van der Waals surface area (Å²) in [6, 6.07) is 10.4. The van der Waals surface area contributed by atoms with Crippen LogP contribution in [0.25, 0.3) is 0 Å². The Morgan fingerprint density at radius 1 is 1.22 bits per heavy atom. The van der Waals surface area contributed by atoms with E-state index in [4.69, 9.17) is 16.3 Å². The van der Waals surface area contributed by atoms with Gasteiger partial charge >= 0.3 is 0 Å².